The van der Waals surface area contributed by atoms with E-state index in [1.165, 1.54) is 12.3 Å². The van der Waals surface area contributed by atoms with Crippen molar-refractivity contribution >= 4 is 9.84 Å². The van der Waals surface area contributed by atoms with Gasteiger partial charge in [0.2, 0.25) is 0 Å². The number of ether oxygens (including phenoxy) is 1. The zero-order valence-corrected chi connectivity index (χ0v) is 9.33. The van der Waals surface area contributed by atoms with Crippen LogP contribution in [0.4, 0.5) is 0 Å². The predicted octanol–water partition coefficient (Wildman–Crippen LogP) is 1.21. The third-order valence-electron chi connectivity index (χ3n) is 1.75. The summed E-state index contributed by atoms with van der Waals surface area (Å²) < 4.78 is 26.9. The van der Waals surface area contributed by atoms with Crippen molar-refractivity contribution < 1.29 is 18.3 Å². The van der Waals surface area contributed by atoms with Gasteiger partial charge in [0.05, 0.1) is 12.4 Å². The maximum atomic E-state index is 10.8. The van der Waals surface area contributed by atoms with Crippen LogP contribution in [0.25, 0.3) is 0 Å². The number of phenols is 1. The first-order chi connectivity index (χ1) is 6.97. The molecule has 0 aliphatic heterocycles. The Morgan fingerprint density at radius 2 is 2.13 bits per heavy atom. The Hall–Kier alpha value is -1.23. The summed E-state index contributed by atoms with van der Waals surface area (Å²) in [5.74, 6) is 0.797. The van der Waals surface area contributed by atoms with Gasteiger partial charge in [0.1, 0.15) is 21.3 Å². The Morgan fingerprint density at radius 1 is 1.40 bits per heavy atom. The van der Waals surface area contributed by atoms with Gasteiger partial charge >= 0.3 is 0 Å². The normalized spacial score (nSPS) is 11.3. The van der Waals surface area contributed by atoms with Gasteiger partial charge in [-0.15, -0.1) is 0 Å². The monoisotopic (exact) mass is 230 g/mol. The molecule has 0 heterocycles. The lowest BCUT2D eigenvalue weighted by molar-refractivity contribution is 0.316. The molecule has 0 aliphatic carbocycles. The minimum atomic E-state index is -2.92. The van der Waals surface area contributed by atoms with Crippen LogP contribution < -0.4 is 4.74 Å². The standard InChI is InChI=1S/C10H14O4S/c1-15(12,13)7-3-6-14-10-5-2-4-9(11)8-10/h2,4-5,8,11H,3,6-7H2,1H3. The summed E-state index contributed by atoms with van der Waals surface area (Å²) in [5, 5.41) is 9.12. The number of aromatic hydroxyl groups is 1. The number of hydrogen-bond acceptors (Lipinski definition) is 4. The fraction of sp³-hybridized carbons (Fsp3) is 0.400. The van der Waals surface area contributed by atoms with Gasteiger partial charge in [0.25, 0.3) is 0 Å². The molecule has 1 rings (SSSR count). The van der Waals surface area contributed by atoms with E-state index >= 15 is 0 Å². The quantitative estimate of drug-likeness (QED) is 0.772. The Kier molecular flexibility index (Phi) is 3.96. The second-order valence-corrected chi connectivity index (χ2v) is 5.59. The molecule has 15 heavy (non-hydrogen) atoms. The molecule has 0 unspecified atom stereocenters. The Bertz CT molecular complexity index is 411. The van der Waals surface area contributed by atoms with Crippen molar-refractivity contribution in [2.24, 2.45) is 0 Å². The van der Waals surface area contributed by atoms with Gasteiger partial charge in [0, 0.05) is 12.3 Å². The van der Waals surface area contributed by atoms with Crippen molar-refractivity contribution in [1.82, 2.24) is 0 Å². The summed E-state index contributed by atoms with van der Waals surface area (Å²) in [6, 6.07) is 6.41. The van der Waals surface area contributed by atoms with Crippen molar-refractivity contribution in [2.45, 2.75) is 6.42 Å². The van der Waals surface area contributed by atoms with E-state index in [4.69, 9.17) is 9.84 Å². The highest BCUT2D eigenvalue weighted by atomic mass is 32.2. The van der Waals surface area contributed by atoms with Gasteiger partial charge in [-0.3, -0.25) is 0 Å². The van der Waals surface area contributed by atoms with Crippen LogP contribution in [0.5, 0.6) is 11.5 Å². The lowest BCUT2D eigenvalue weighted by atomic mass is 10.3. The van der Waals surface area contributed by atoms with E-state index in [2.05, 4.69) is 0 Å². The summed E-state index contributed by atoms with van der Waals surface area (Å²) in [6.07, 6.45) is 1.65. The van der Waals surface area contributed by atoms with Crippen LogP contribution in [0, 0.1) is 0 Å². The van der Waals surface area contributed by atoms with E-state index in [1.54, 1.807) is 18.2 Å². The molecule has 0 radical (unpaired) electrons. The van der Waals surface area contributed by atoms with Crippen molar-refractivity contribution in [3.05, 3.63) is 24.3 Å². The first-order valence-electron chi connectivity index (χ1n) is 4.57. The van der Waals surface area contributed by atoms with E-state index in [-0.39, 0.29) is 11.5 Å². The summed E-state index contributed by atoms with van der Waals surface area (Å²) in [6.45, 7) is 0.330. The minimum Gasteiger partial charge on any atom is -0.508 e. The van der Waals surface area contributed by atoms with Crippen LogP contribution in [-0.4, -0.2) is 32.1 Å². The van der Waals surface area contributed by atoms with Crippen molar-refractivity contribution in [2.75, 3.05) is 18.6 Å². The average Bonchev–Trinajstić information content (AvgIpc) is 2.11. The first-order valence-corrected chi connectivity index (χ1v) is 6.63. The minimum absolute atomic E-state index is 0.117. The summed E-state index contributed by atoms with van der Waals surface area (Å²) in [5.41, 5.74) is 0. The zero-order valence-electron chi connectivity index (χ0n) is 8.51. The SMILES string of the molecule is CS(=O)(=O)CCCOc1cccc(O)c1. The molecule has 4 nitrogen and oxygen atoms in total. The van der Waals surface area contributed by atoms with Crippen LogP contribution in [0.2, 0.25) is 0 Å². The number of benzene rings is 1. The molecule has 84 valence electrons. The topological polar surface area (TPSA) is 63.6 Å². The van der Waals surface area contributed by atoms with E-state index in [9.17, 15) is 8.42 Å². The van der Waals surface area contributed by atoms with Gasteiger partial charge in [-0.05, 0) is 18.6 Å². The lowest BCUT2D eigenvalue weighted by Crippen LogP contribution is -2.07. The molecule has 0 aliphatic rings. The van der Waals surface area contributed by atoms with Crippen LogP contribution in [0.1, 0.15) is 6.42 Å². The summed E-state index contributed by atoms with van der Waals surface area (Å²) in [7, 11) is -2.92. The smallest absolute Gasteiger partial charge is 0.147 e. The first kappa shape index (κ1) is 11.8. The van der Waals surface area contributed by atoms with E-state index in [0.29, 0.717) is 18.8 Å². The second-order valence-electron chi connectivity index (χ2n) is 3.33. The lowest BCUT2D eigenvalue weighted by Gasteiger charge is -2.05. The molecule has 1 aromatic rings. The average molecular weight is 230 g/mol. The Balaban J connectivity index is 2.32. The molecule has 1 aromatic carbocycles. The Labute approximate surface area is 89.4 Å². The summed E-state index contributed by atoms with van der Waals surface area (Å²) >= 11 is 0. The van der Waals surface area contributed by atoms with Gasteiger partial charge in [-0.2, -0.15) is 0 Å². The molecule has 0 saturated heterocycles. The highest BCUT2D eigenvalue weighted by Gasteiger charge is 2.01. The van der Waals surface area contributed by atoms with Crippen molar-refractivity contribution in [3.63, 3.8) is 0 Å². The molecule has 0 bridgehead atoms. The van der Waals surface area contributed by atoms with Crippen molar-refractivity contribution in [1.29, 1.82) is 0 Å². The second kappa shape index (κ2) is 5.02. The summed E-state index contributed by atoms with van der Waals surface area (Å²) in [4.78, 5) is 0. The molecular weight excluding hydrogens is 216 g/mol. The fourth-order valence-electron chi connectivity index (χ4n) is 1.08. The van der Waals surface area contributed by atoms with Gasteiger partial charge < -0.3 is 9.84 Å². The van der Waals surface area contributed by atoms with Gasteiger partial charge in [-0.25, -0.2) is 8.42 Å². The highest BCUT2D eigenvalue weighted by molar-refractivity contribution is 7.90. The molecule has 0 spiro atoms. The number of sulfone groups is 1. The van der Waals surface area contributed by atoms with Crippen LogP contribution in [0.3, 0.4) is 0 Å². The highest BCUT2D eigenvalue weighted by Crippen LogP contribution is 2.17. The fourth-order valence-corrected chi connectivity index (χ4v) is 1.73. The molecule has 1 N–H and O–H groups in total. The third kappa shape index (κ3) is 5.27. The van der Waals surface area contributed by atoms with Crippen LogP contribution in [-0.2, 0) is 9.84 Å². The molecule has 0 saturated carbocycles. The van der Waals surface area contributed by atoms with Gasteiger partial charge in [-0.1, -0.05) is 6.07 Å². The van der Waals surface area contributed by atoms with Crippen LogP contribution in [0.15, 0.2) is 24.3 Å². The largest absolute Gasteiger partial charge is 0.508 e. The van der Waals surface area contributed by atoms with E-state index in [0.717, 1.165) is 0 Å². The van der Waals surface area contributed by atoms with Crippen LogP contribution >= 0.6 is 0 Å². The molecule has 5 heteroatoms. The van der Waals surface area contributed by atoms with E-state index in [1.807, 2.05) is 0 Å². The van der Waals surface area contributed by atoms with Gasteiger partial charge in [0.15, 0.2) is 0 Å². The number of phenolic OH excluding ortho intramolecular Hbond substituents is 1. The molecule has 0 fully saturated rings. The zero-order chi connectivity index (χ0) is 11.3. The Morgan fingerprint density at radius 3 is 2.73 bits per heavy atom. The maximum Gasteiger partial charge on any atom is 0.147 e. The molecular formula is C10H14O4S. The number of rotatable bonds is 5. The van der Waals surface area contributed by atoms with Crippen molar-refractivity contribution in [3.8, 4) is 11.5 Å². The number of hydrogen-bond donors (Lipinski definition) is 1. The van der Waals surface area contributed by atoms with E-state index < -0.39 is 9.84 Å². The molecule has 0 amide bonds. The third-order valence-corrected chi connectivity index (χ3v) is 2.78. The molecule has 0 atom stereocenters. The molecule has 0 aromatic heterocycles. The predicted molar refractivity (Wildman–Crippen MR) is 57.9 cm³/mol. The maximum absolute atomic E-state index is 10.8.